The van der Waals surface area contributed by atoms with Gasteiger partial charge >= 0.3 is 0 Å². The molecule has 2 bridgehead atoms. The predicted octanol–water partition coefficient (Wildman–Crippen LogP) is 4.94. The van der Waals surface area contributed by atoms with Crippen LogP contribution in [0.25, 0.3) is 0 Å². The molecule has 6 heteroatoms. The highest BCUT2D eigenvalue weighted by Crippen LogP contribution is 2.74. The third-order valence-corrected chi connectivity index (χ3v) is 8.74. The van der Waals surface area contributed by atoms with E-state index in [4.69, 9.17) is 0 Å². The Morgan fingerprint density at radius 1 is 1.25 bits per heavy atom. The Labute approximate surface area is 190 Å². The molecule has 0 radical (unpaired) electrons. The SMILES string of the molecule is CCC(C)C(=O)C1=C(N=O)[C@@]23C[C@H](C(C)(C)O)C(C)(C)[C@@H]2CC(CC=C(C)C)(C1=O)C3=O. The zero-order chi connectivity index (χ0) is 24.4. The van der Waals surface area contributed by atoms with Crippen molar-refractivity contribution in [3.05, 3.63) is 27.8 Å². The molecule has 3 rings (SSSR count). The van der Waals surface area contributed by atoms with Gasteiger partial charge in [0, 0.05) is 5.92 Å². The monoisotopic (exact) mass is 443 g/mol. The Balaban J connectivity index is 2.37. The highest BCUT2D eigenvalue weighted by Gasteiger charge is 2.78. The lowest BCUT2D eigenvalue weighted by Gasteiger charge is -2.40. The average Bonchev–Trinajstić information content (AvgIpc) is 3.05. The number of fused-ring (bicyclic) bond motifs is 1. The van der Waals surface area contributed by atoms with E-state index < -0.39 is 39.3 Å². The largest absolute Gasteiger partial charge is 0.390 e. The predicted molar refractivity (Wildman–Crippen MR) is 123 cm³/mol. The summed E-state index contributed by atoms with van der Waals surface area (Å²) in [5, 5.41) is 14.2. The van der Waals surface area contributed by atoms with Crippen LogP contribution in [0.3, 0.4) is 0 Å². The molecule has 0 aliphatic heterocycles. The normalized spacial score (nSPS) is 34.4. The van der Waals surface area contributed by atoms with E-state index in [-0.39, 0.29) is 48.2 Å². The summed E-state index contributed by atoms with van der Waals surface area (Å²) in [6.07, 6.45) is 3.11. The standard InChI is InChI=1S/C26H37NO5/c1-9-15(4)19(28)18-20(27-32)26-13-16(24(7,8)31)23(5,6)17(26)12-25(21(18)29,22(26)30)11-10-14(2)3/h10,15-17,31H,9,11-13H2,1-8H3/t15?,16-,17-,25?,26+/m0/s1. The fraction of sp³-hybridized carbons (Fsp3) is 0.731. The summed E-state index contributed by atoms with van der Waals surface area (Å²) in [5.41, 5.74) is -3.64. The first kappa shape index (κ1) is 24.7. The van der Waals surface area contributed by atoms with Gasteiger partial charge in [-0.05, 0) is 75.8 Å². The molecule has 32 heavy (non-hydrogen) atoms. The lowest BCUT2D eigenvalue weighted by atomic mass is 9.61. The molecule has 0 aromatic heterocycles. The van der Waals surface area contributed by atoms with E-state index >= 15 is 0 Å². The van der Waals surface area contributed by atoms with Gasteiger partial charge in [0.05, 0.1) is 22.0 Å². The molecule has 1 spiro atoms. The van der Waals surface area contributed by atoms with Crippen LogP contribution in [0, 0.1) is 38.9 Å². The third-order valence-electron chi connectivity index (χ3n) is 8.74. The molecule has 1 N–H and O–H groups in total. The quantitative estimate of drug-likeness (QED) is 0.260. The second kappa shape index (κ2) is 7.54. The van der Waals surface area contributed by atoms with Crippen LogP contribution in [0.5, 0.6) is 0 Å². The minimum Gasteiger partial charge on any atom is -0.390 e. The molecule has 0 saturated heterocycles. The van der Waals surface area contributed by atoms with Crippen molar-refractivity contribution in [3.8, 4) is 0 Å². The summed E-state index contributed by atoms with van der Waals surface area (Å²) >= 11 is 0. The van der Waals surface area contributed by atoms with Crippen molar-refractivity contribution in [2.24, 2.45) is 39.2 Å². The number of nitrogens with zero attached hydrogens (tertiary/aromatic N) is 1. The van der Waals surface area contributed by atoms with Gasteiger partial charge in [0.2, 0.25) is 0 Å². The second-order valence-corrected chi connectivity index (χ2v) is 11.7. The third kappa shape index (κ3) is 3.05. The molecule has 0 aromatic carbocycles. The van der Waals surface area contributed by atoms with Crippen molar-refractivity contribution in [1.29, 1.82) is 0 Å². The van der Waals surface area contributed by atoms with E-state index in [0.29, 0.717) is 6.42 Å². The number of carbonyl (C=O) groups excluding carboxylic acids is 3. The van der Waals surface area contributed by atoms with Crippen LogP contribution in [0.4, 0.5) is 0 Å². The maximum absolute atomic E-state index is 14.2. The van der Waals surface area contributed by atoms with Gasteiger partial charge in [-0.3, -0.25) is 14.4 Å². The first-order valence-electron chi connectivity index (χ1n) is 11.7. The van der Waals surface area contributed by atoms with Gasteiger partial charge < -0.3 is 5.11 Å². The first-order valence-corrected chi connectivity index (χ1v) is 11.7. The van der Waals surface area contributed by atoms with E-state index in [0.717, 1.165) is 5.57 Å². The molecule has 0 amide bonds. The van der Waals surface area contributed by atoms with E-state index in [1.54, 1.807) is 20.8 Å². The minimum absolute atomic E-state index is 0.161. The molecule has 0 aromatic rings. The Hall–Kier alpha value is -1.95. The first-order chi connectivity index (χ1) is 14.6. The summed E-state index contributed by atoms with van der Waals surface area (Å²) in [4.78, 5) is 53.8. The van der Waals surface area contributed by atoms with Crippen LogP contribution in [0.1, 0.15) is 81.1 Å². The molecule has 176 valence electrons. The Kier molecular flexibility index (Phi) is 5.82. The molecular weight excluding hydrogens is 406 g/mol. The van der Waals surface area contributed by atoms with Crippen molar-refractivity contribution < 1.29 is 19.5 Å². The molecular formula is C26H37NO5. The number of aliphatic hydroxyl groups is 1. The number of carbonyl (C=O) groups is 3. The molecule has 0 heterocycles. The van der Waals surface area contributed by atoms with E-state index in [1.165, 1.54) is 0 Å². The Morgan fingerprint density at radius 3 is 2.31 bits per heavy atom. The highest BCUT2D eigenvalue weighted by molar-refractivity contribution is 6.32. The van der Waals surface area contributed by atoms with Gasteiger partial charge in [0.25, 0.3) is 0 Å². The van der Waals surface area contributed by atoms with E-state index in [2.05, 4.69) is 5.18 Å². The van der Waals surface area contributed by atoms with E-state index in [9.17, 15) is 24.4 Å². The summed E-state index contributed by atoms with van der Waals surface area (Å²) in [6.45, 7) is 14.8. The van der Waals surface area contributed by atoms with Crippen molar-refractivity contribution in [3.63, 3.8) is 0 Å². The number of hydrogen-bond acceptors (Lipinski definition) is 6. The number of hydrogen-bond donors (Lipinski definition) is 1. The molecule has 2 unspecified atom stereocenters. The summed E-state index contributed by atoms with van der Waals surface area (Å²) in [7, 11) is 0. The van der Waals surface area contributed by atoms with Crippen LogP contribution in [-0.4, -0.2) is 28.1 Å². The second-order valence-electron chi connectivity index (χ2n) is 11.7. The summed E-state index contributed by atoms with van der Waals surface area (Å²) < 4.78 is 0. The number of ketones is 3. The Morgan fingerprint density at radius 2 is 1.84 bits per heavy atom. The van der Waals surface area contributed by atoms with Crippen molar-refractivity contribution >= 4 is 17.3 Å². The van der Waals surface area contributed by atoms with Crippen molar-refractivity contribution in [2.75, 3.05) is 0 Å². The van der Waals surface area contributed by atoms with Crippen molar-refractivity contribution in [1.82, 2.24) is 0 Å². The zero-order valence-corrected chi connectivity index (χ0v) is 20.7. The maximum Gasteiger partial charge on any atom is 0.182 e. The summed E-state index contributed by atoms with van der Waals surface area (Å²) in [5.74, 6) is -2.32. The molecule has 2 saturated carbocycles. The smallest absolute Gasteiger partial charge is 0.182 e. The van der Waals surface area contributed by atoms with Gasteiger partial charge in [0.1, 0.15) is 5.70 Å². The molecule has 6 nitrogen and oxygen atoms in total. The Bertz CT molecular complexity index is 946. The number of rotatable bonds is 7. The van der Waals surface area contributed by atoms with Gasteiger partial charge in [-0.2, -0.15) is 0 Å². The van der Waals surface area contributed by atoms with Gasteiger partial charge in [-0.25, -0.2) is 0 Å². The number of Topliss-reactive ketones (excluding diaryl/α,β-unsaturated/α-hetero) is 3. The number of nitroso groups, excluding NO2 is 1. The van der Waals surface area contributed by atoms with Gasteiger partial charge in [0.15, 0.2) is 17.3 Å². The maximum atomic E-state index is 14.2. The van der Waals surface area contributed by atoms with Crippen LogP contribution in [-0.2, 0) is 14.4 Å². The van der Waals surface area contributed by atoms with E-state index in [1.807, 2.05) is 40.7 Å². The highest BCUT2D eigenvalue weighted by atomic mass is 16.3. The molecule has 2 fully saturated rings. The van der Waals surface area contributed by atoms with Crippen LogP contribution in [0.2, 0.25) is 0 Å². The average molecular weight is 444 g/mol. The molecule has 5 atom stereocenters. The van der Waals surface area contributed by atoms with Crippen LogP contribution in [0.15, 0.2) is 28.1 Å². The summed E-state index contributed by atoms with van der Waals surface area (Å²) in [6, 6.07) is 0. The topological polar surface area (TPSA) is 101 Å². The molecule has 3 aliphatic rings. The van der Waals surface area contributed by atoms with Gasteiger partial charge in [-0.1, -0.05) is 39.3 Å². The van der Waals surface area contributed by atoms with Crippen molar-refractivity contribution in [2.45, 2.75) is 86.7 Å². The fourth-order valence-corrected chi connectivity index (χ4v) is 6.89. The zero-order valence-electron chi connectivity index (χ0n) is 20.7. The lowest BCUT2D eigenvalue weighted by molar-refractivity contribution is -0.143. The van der Waals surface area contributed by atoms with Gasteiger partial charge in [-0.15, -0.1) is 4.91 Å². The number of allylic oxidation sites excluding steroid dienone is 4. The minimum atomic E-state index is -1.35. The van der Waals surface area contributed by atoms with Crippen LogP contribution >= 0.6 is 0 Å². The molecule has 3 aliphatic carbocycles. The fourth-order valence-electron chi connectivity index (χ4n) is 6.89. The van der Waals surface area contributed by atoms with Crippen LogP contribution < -0.4 is 0 Å². The lowest BCUT2D eigenvalue weighted by Crippen LogP contribution is -2.50.